The van der Waals surface area contributed by atoms with E-state index >= 15 is 0 Å². The number of methoxy groups -OCH3 is 2. The van der Waals surface area contributed by atoms with E-state index in [4.69, 9.17) is 14.2 Å². The monoisotopic (exact) mass is 344 g/mol. The fourth-order valence-corrected chi connectivity index (χ4v) is 2.03. The van der Waals surface area contributed by atoms with Gasteiger partial charge in [0.05, 0.1) is 14.2 Å². The molecule has 0 bridgehead atoms. The Hall–Kier alpha value is -3.15. The van der Waals surface area contributed by atoms with Gasteiger partial charge in [-0.1, -0.05) is 0 Å². The van der Waals surface area contributed by atoms with Gasteiger partial charge in [0.15, 0.2) is 12.4 Å². The normalized spacial score (nSPS) is 10.5. The maximum Gasteiger partial charge on any atom is 0.331 e. The largest absolute Gasteiger partial charge is 0.497 e. The lowest BCUT2D eigenvalue weighted by molar-refractivity contribution is -0.136. The first kappa shape index (κ1) is 18.2. The van der Waals surface area contributed by atoms with Crippen LogP contribution in [0.5, 0.6) is 11.5 Å². The molecule has 0 radical (unpaired) electrons. The van der Waals surface area contributed by atoms with Gasteiger partial charge in [-0.3, -0.25) is 4.79 Å². The number of ketones is 1. The predicted octanol–water partition coefficient (Wildman–Crippen LogP) is 3.28. The van der Waals surface area contributed by atoms with Gasteiger partial charge in [0.25, 0.3) is 0 Å². The molecule has 6 heteroatoms. The van der Waals surface area contributed by atoms with Gasteiger partial charge < -0.3 is 14.2 Å². The zero-order valence-electron chi connectivity index (χ0n) is 13.8. The molecule has 2 rings (SSSR count). The van der Waals surface area contributed by atoms with E-state index in [1.54, 1.807) is 18.2 Å². The first-order chi connectivity index (χ1) is 12.0. The number of carbonyl (C=O) groups is 2. The highest BCUT2D eigenvalue weighted by Crippen LogP contribution is 2.25. The molecule has 2 aromatic rings. The number of carbonyl (C=O) groups excluding carboxylic acids is 2. The molecule has 130 valence electrons. The van der Waals surface area contributed by atoms with Crippen molar-refractivity contribution in [3.05, 3.63) is 65.5 Å². The van der Waals surface area contributed by atoms with E-state index in [1.165, 1.54) is 50.6 Å². The highest BCUT2D eigenvalue weighted by molar-refractivity contribution is 5.98. The van der Waals surface area contributed by atoms with E-state index in [-0.39, 0.29) is 5.56 Å². The molecule has 0 atom stereocenters. The van der Waals surface area contributed by atoms with Crippen LogP contribution in [0.2, 0.25) is 0 Å². The van der Waals surface area contributed by atoms with Crippen molar-refractivity contribution < 1.29 is 28.2 Å². The third kappa shape index (κ3) is 5.17. The Morgan fingerprint density at radius 1 is 1.04 bits per heavy atom. The minimum atomic E-state index is -0.680. The van der Waals surface area contributed by atoms with Crippen LogP contribution in [-0.2, 0) is 9.53 Å². The highest BCUT2D eigenvalue weighted by atomic mass is 19.1. The Kier molecular flexibility index (Phi) is 6.28. The Balaban J connectivity index is 1.97. The van der Waals surface area contributed by atoms with Gasteiger partial charge in [-0.25, -0.2) is 9.18 Å². The van der Waals surface area contributed by atoms with Gasteiger partial charge in [0.1, 0.15) is 17.3 Å². The van der Waals surface area contributed by atoms with Crippen LogP contribution in [0.3, 0.4) is 0 Å². The Morgan fingerprint density at radius 3 is 2.40 bits per heavy atom. The van der Waals surface area contributed by atoms with Gasteiger partial charge in [-0.05, 0) is 48.5 Å². The molecule has 0 saturated carbocycles. The van der Waals surface area contributed by atoms with Crippen LogP contribution in [-0.4, -0.2) is 32.6 Å². The summed E-state index contributed by atoms with van der Waals surface area (Å²) in [6.07, 6.45) is 2.70. The number of benzene rings is 2. The summed E-state index contributed by atoms with van der Waals surface area (Å²) in [6, 6.07) is 10.2. The molecule has 0 saturated heterocycles. The van der Waals surface area contributed by atoms with Crippen molar-refractivity contribution in [1.82, 2.24) is 0 Å². The second-order valence-corrected chi connectivity index (χ2v) is 4.98. The van der Waals surface area contributed by atoms with E-state index in [2.05, 4.69) is 0 Å². The summed E-state index contributed by atoms with van der Waals surface area (Å²) in [5, 5.41) is 0. The number of halogens is 1. The van der Waals surface area contributed by atoms with Crippen LogP contribution in [0.4, 0.5) is 4.39 Å². The first-order valence-corrected chi connectivity index (χ1v) is 7.39. The van der Waals surface area contributed by atoms with Crippen molar-refractivity contribution in [3.8, 4) is 11.5 Å². The molecule has 5 nitrogen and oxygen atoms in total. The van der Waals surface area contributed by atoms with E-state index in [1.807, 2.05) is 0 Å². The fourth-order valence-electron chi connectivity index (χ4n) is 2.03. The second kappa shape index (κ2) is 8.63. The zero-order chi connectivity index (χ0) is 18.2. The maximum atomic E-state index is 12.8. The van der Waals surface area contributed by atoms with E-state index in [0.29, 0.717) is 17.1 Å². The third-order valence-corrected chi connectivity index (χ3v) is 3.35. The average molecular weight is 344 g/mol. The van der Waals surface area contributed by atoms with Gasteiger partial charge >= 0.3 is 5.97 Å². The highest BCUT2D eigenvalue weighted by Gasteiger charge is 2.09. The molecule has 0 amide bonds. The number of ether oxygens (including phenoxy) is 3. The number of rotatable bonds is 7. The summed E-state index contributed by atoms with van der Waals surface area (Å²) >= 11 is 0. The molecule has 25 heavy (non-hydrogen) atoms. The quantitative estimate of drug-likeness (QED) is 0.438. The van der Waals surface area contributed by atoms with Crippen LogP contribution in [0.15, 0.2) is 48.5 Å². The first-order valence-electron chi connectivity index (χ1n) is 7.39. The third-order valence-electron chi connectivity index (χ3n) is 3.35. The summed E-state index contributed by atoms with van der Waals surface area (Å²) in [7, 11) is 3.05. The molecular weight excluding hydrogens is 327 g/mol. The summed E-state index contributed by atoms with van der Waals surface area (Å²) in [6.45, 7) is -0.427. The van der Waals surface area contributed by atoms with E-state index in [9.17, 15) is 14.0 Å². The van der Waals surface area contributed by atoms with Crippen LogP contribution in [0.1, 0.15) is 15.9 Å². The van der Waals surface area contributed by atoms with Crippen molar-refractivity contribution in [2.24, 2.45) is 0 Å². The summed E-state index contributed by atoms with van der Waals surface area (Å²) in [5.74, 6) is -0.364. The fraction of sp³-hybridized carbons (Fsp3) is 0.158. The van der Waals surface area contributed by atoms with Gasteiger partial charge in [-0.2, -0.15) is 0 Å². The summed E-state index contributed by atoms with van der Waals surface area (Å²) < 4.78 is 28.0. The van der Waals surface area contributed by atoms with Crippen molar-refractivity contribution in [3.63, 3.8) is 0 Å². The molecule has 0 aromatic heterocycles. The van der Waals surface area contributed by atoms with Crippen LogP contribution in [0, 0.1) is 5.82 Å². The number of esters is 1. The molecule has 0 aliphatic heterocycles. The molecular formula is C19H17FO5. The van der Waals surface area contributed by atoms with Gasteiger partial charge in [0.2, 0.25) is 0 Å². The van der Waals surface area contributed by atoms with Crippen molar-refractivity contribution in [2.45, 2.75) is 0 Å². The molecule has 0 aliphatic carbocycles. The lowest BCUT2D eigenvalue weighted by Crippen LogP contribution is -2.12. The van der Waals surface area contributed by atoms with Crippen molar-refractivity contribution in [2.75, 3.05) is 20.8 Å². The van der Waals surface area contributed by atoms with E-state index < -0.39 is 24.2 Å². The topological polar surface area (TPSA) is 61.8 Å². The standard InChI is InChI=1S/C19H17FO5/c1-23-16-8-9-18(24-2)14(11-16)5-10-19(22)25-12-17(21)13-3-6-15(20)7-4-13/h3-11H,12H2,1-2H3. The molecule has 0 unspecified atom stereocenters. The molecule has 2 aromatic carbocycles. The minimum Gasteiger partial charge on any atom is -0.497 e. The summed E-state index contributed by atoms with van der Waals surface area (Å²) in [4.78, 5) is 23.6. The number of hydrogen-bond acceptors (Lipinski definition) is 5. The Labute approximate surface area is 144 Å². The summed E-state index contributed by atoms with van der Waals surface area (Å²) in [5.41, 5.74) is 0.899. The lowest BCUT2D eigenvalue weighted by Gasteiger charge is -2.07. The van der Waals surface area contributed by atoms with Crippen LogP contribution < -0.4 is 9.47 Å². The predicted molar refractivity (Wildman–Crippen MR) is 90.3 cm³/mol. The SMILES string of the molecule is COc1ccc(OC)c(C=CC(=O)OCC(=O)c2ccc(F)cc2)c1. The lowest BCUT2D eigenvalue weighted by atomic mass is 10.1. The van der Waals surface area contributed by atoms with Crippen LogP contribution >= 0.6 is 0 Å². The Bertz CT molecular complexity index is 781. The second-order valence-electron chi connectivity index (χ2n) is 4.98. The molecule has 0 N–H and O–H groups in total. The van der Waals surface area contributed by atoms with Gasteiger partial charge in [0, 0.05) is 17.2 Å². The Morgan fingerprint density at radius 2 is 1.76 bits per heavy atom. The van der Waals surface area contributed by atoms with Crippen molar-refractivity contribution >= 4 is 17.8 Å². The molecule has 0 heterocycles. The molecule has 0 aliphatic rings. The maximum absolute atomic E-state index is 12.8. The minimum absolute atomic E-state index is 0.271. The van der Waals surface area contributed by atoms with Gasteiger partial charge in [-0.15, -0.1) is 0 Å². The van der Waals surface area contributed by atoms with Crippen LogP contribution in [0.25, 0.3) is 6.08 Å². The average Bonchev–Trinajstić information content (AvgIpc) is 2.64. The van der Waals surface area contributed by atoms with Crippen molar-refractivity contribution in [1.29, 1.82) is 0 Å². The zero-order valence-corrected chi connectivity index (χ0v) is 13.8. The number of Topliss-reactive ketones (excluding diaryl/α,β-unsaturated/α-hetero) is 1. The molecule has 0 fully saturated rings. The van der Waals surface area contributed by atoms with E-state index in [0.717, 1.165) is 0 Å². The smallest absolute Gasteiger partial charge is 0.331 e. The number of hydrogen-bond donors (Lipinski definition) is 0. The molecule has 0 spiro atoms.